The average Bonchev–Trinajstić information content (AvgIpc) is 2.97. The van der Waals surface area contributed by atoms with E-state index in [-0.39, 0.29) is 5.82 Å². The fourth-order valence-corrected chi connectivity index (χ4v) is 3.41. The van der Waals surface area contributed by atoms with Gasteiger partial charge in [0.1, 0.15) is 30.0 Å². The van der Waals surface area contributed by atoms with Crippen molar-refractivity contribution in [3.05, 3.63) is 16.1 Å². The van der Waals surface area contributed by atoms with Crippen molar-refractivity contribution in [3.63, 3.8) is 0 Å². The van der Waals surface area contributed by atoms with Crippen molar-refractivity contribution in [1.82, 2.24) is 14.5 Å². The molecule has 1 aliphatic rings. The number of nitrogen functional groups attached to an aromatic ring is 1. The van der Waals surface area contributed by atoms with E-state index in [1.165, 1.54) is 10.9 Å². The summed E-state index contributed by atoms with van der Waals surface area (Å²) in [5.41, 5.74) is 4.27. The Morgan fingerprint density at radius 3 is 2.91 bits per heavy atom. The molecule has 3 rings (SSSR count). The van der Waals surface area contributed by atoms with Gasteiger partial charge in [-0.05, 0) is 22.6 Å². The number of aromatic nitrogens is 3. The van der Waals surface area contributed by atoms with Gasteiger partial charge < -0.3 is 30.4 Å². The standard InChI is InChI=1S/C13H13IN4O4/c1-2-13(21)9(20)7(4-19)22-12(13)18-3-6(14)8-10(15)16-5-17-11(8)18/h1,3,5,7,9,12,19-21H,4H2,(H2,15,16,17)/t7-,9-,12-,13-/m1/s1. The number of nitrogens with zero attached hydrogens (tertiary/aromatic N) is 3. The molecule has 116 valence electrons. The number of aliphatic hydroxyl groups is 3. The molecule has 5 N–H and O–H groups in total. The van der Waals surface area contributed by atoms with E-state index in [4.69, 9.17) is 16.9 Å². The lowest BCUT2D eigenvalue weighted by Crippen LogP contribution is -2.45. The van der Waals surface area contributed by atoms with Crippen molar-refractivity contribution in [1.29, 1.82) is 0 Å². The van der Waals surface area contributed by atoms with Gasteiger partial charge in [0.15, 0.2) is 11.8 Å². The number of halogens is 1. The molecule has 8 nitrogen and oxygen atoms in total. The number of hydrogen-bond acceptors (Lipinski definition) is 7. The molecule has 0 radical (unpaired) electrons. The van der Waals surface area contributed by atoms with E-state index < -0.39 is 30.6 Å². The molecule has 0 bridgehead atoms. The molecule has 0 amide bonds. The van der Waals surface area contributed by atoms with Gasteiger partial charge in [0.25, 0.3) is 0 Å². The lowest BCUT2D eigenvalue weighted by molar-refractivity contribution is -0.0718. The highest BCUT2D eigenvalue weighted by atomic mass is 127. The normalized spacial score (nSPS) is 31.5. The van der Waals surface area contributed by atoms with Crippen LogP contribution in [0.15, 0.2) is 12.5 Å². The smallest absolute Gasteiger partial charge is 0.199 e. The van der Waals surface area contributed by atoms with E-state index in [2.05, 4.69) is 38.5 Å². The second-order valence-corrected chi connectivity index (χ2v) is 6.13. The lowest BCUT2D eigenvalue weighted by Gasteiger charge is -2.26. The first-order chi connectivity index (χ1) is 10.4. The summed E-state index contributed by atoms with van der Waals surface area (Å²) in [6.07, 6.45) is 4.79. The molecule has 3 heterocycles. The first kappa shape index (κ1) is 15.4. The number of hydrogen-bond donors (Lipinski definition) is 4. The second-order valence-electron chi connectivity index (χ2n) is 4.97. The Labute approximate surface area is 139 Å². The number of terminal acetylenes is 1. The summed E-state index contributed by atoms with van der Waals surface area (Å²) >= 11 is 2.05. The van der Waals surface area contributed by atoms with E-state index in [1.807, 2.05) is 0 Å². The van der Waals surface area contributed by atoms with Crippen molar-refractivity contribution in [2.24, 2.45) is 0 Å². The van der Waals surface area contributed by atoms with Crippen molar-refractivity contribution in [2.45, 2.75) is 24.0 Å². The van der Waals surface area contributed by atoms with E-state index >= 15 is 0 Å². The minimum absolute atomic E-state index is 0.287. The Bertz CT molecular complexity index is 773. The minimum Gasteiger partial charge on any atom is -0.394 e. The zero-order valence-electron chi connectivity index (χ0n) is 11.2. The highest BCUT2D eigenvalue weighted by Crippen LogP contribution is 2.40. The van der Waals surface area contributed by atoms with Crippen LogP contribution >= 0.6 is 22.6 Å². The van der Waals surface area contributed by atoms with Crippen LogP contribution < -0.4 is 5.73 Å². The van der Waals surface area contributed by atoms with Crippen LogP contribution in [0.25, 0.3) is 11.0 Å². The highest BCUT2D eigenvalue weighted by molar-refractivity contribution is 14.1. The number of fused-ring (bicyclic) bond motifs is 1. The molecular formula is C13H13IN4O4. The quantitative estimate of drug-likeness (QED) is 0.374. The van der Waals surface area contributed by atoms with Crippen molar-refractivity contribution >= 4 is 39.4 Å². The number of nitrogens with two attached hydrogens (primary N) is 1. The maximum Gasteiger partial charge on any atom is 0.199 e. The molecule has 1 fully saturated rings. The molecule has 0 unspecified atom stereocenters. The zero-order chi connectivity index (χ0) is 16.1. The van der Waals surface area contributed by atoms with Crippen molar-refractivity contribution in [2.75, 3.05) is 12.3 Å². The summed E-state index contributed by atoms with van der Waals surface area (Å²) in [7, 11) is 0. The van der Waals surface area contributed by atoms with Crippen LogP contribution in [0, 0.1) is 15.9 Å². The molecule has 1 saturated heterocycles. The molecule has 1 aliphatic heterocycles. The van der Waals surface area contributed by atoms with Gasteiger partial charge in [0.2, 0.25) is 0 Å². The van der Waals surface area contributed by atoms with Gasteiger partial charge in [0.05, 0.1) is 12.0 Å². The summed E-state index contributed by atoms with van der Waals surface area (Å²) in [6.45, 7) is -0.477. The summed E-state index contributed by atoms with van der Waals surface area (Å²) < 4.78 is 7.78. The van der Waals surface area contributed by atoms with Crippen LogP contribution in [0.5, 0.6) is 0 Å². The molecule has 0 spiro atoms. The topological polar surface area (TPSA) is 127 Å². The Hall–Kier alpha value is -1.45. The monoisotopic (exact) mass is 416 g/mol. The van der Waals surface area contributed by atoms with Crippen molar-refractivity contribution < 1.29 is 20.1 Å². The third-order valence-electron chi connectivity index (χ3n) is 3.74. The van der Waals surface area contributed by atoms with Crippen LogP contribution in [-0.4, -0.2) is 54.3 Å². The SMILES string of the molecule is C#C[C@@]1(O)[C@H](O)[C@@H](CO)O[C@H]1n1cc(I)c2c(N)ncnc21. The molecule has 22 heavy (non-hydrogen) atoms. The number of aliphatic hydroxyl groups excluding tert-OH is 2. The molecule has 2 aromatic heterocycles. The molecule has 4 atom stereocenters. The van der Waals surface area contributed by atoms with Crippen LogP contribution in [0.1, 0.15) is 6.23 Å². The minimum atomic E-state index is -2.00. The molecule has 9 heteroatoms. The predicted octanol–water partition coefficient (Wildman–Crippen LogP) is -0.767. The molecule has 0 aromatic carbocycles. The molecular weight excluding hydrogens is 403 g/mol. The average molecular weight is 416 g/mol. The predicted molar refractivity (Wildman–Crippen MR) is 85.4 cm³/mol. The largest absolute Gasteiger partial charge is 0.394 e. The van der Waals surface area contributed by atoms with Gasteiger partial charge in [0, 0.05) is 9.77 Å². The summed E-state index contributed by atoms with van der Waals surface area (Å²) in [5, 5.41) is 30.6. The fraction of sp³-hybridized carbons (Fsp3) is 0.385. The summed E-state index contributed by atoms with van der Waals surface area (Å²) in [6, 6.07) is 0. The van der Waals surface area contributed by atoms with Crippen molar-refractivity contribution in [3.8, 4) is 12.3 Å². The van der Waals surface area contributed by atoms with Gasteiger partial charge >= 0.3 is 0 Å². The highest BCUT2D eigenvalue weighted by Gasteiger charge is 2.55. The Balaban J connectivity index is 2.20. The van der Waals surface area contributed by atoms with E-state index in [9.17, 15) is 15.3 Å². The van der Waals surface area contributed by atoms with E-state index in [0.717, 1.165) is 3.57 Å². The lowest BCUT2D eigenvalue weighted by atomic mass is 9.95. The van der Waals surface area contributed by atoms with E-state index in [1.54, 1.807) is 6.20 Å². The van der Waals surface area contributed by atoms with Gasteiger partial charge in [-0.1, -0.05) is 5.92 Å². The first-order valence-electron chi connectivity index (χ1n) is 6.35. The molecule has 0 aliphatic carbocycles. The molecule has 2 aromatic rings. The summed E-state index contributed by atoms with van der Waals surface area (Å²) in [4.78, 5) is 8.07. The molecule has 0 saturated carbocycles. The maximum absolute atomic E-state index is 10.6. The number of anilines is 1. The van der Waals surface area contributed by atoms with Gasteiger partial charge in [-0.15, -0.1) is 6.42 Å². The first-order valence-corrected chi connectivity index (χ1v) is 7.43. The van der Waals surface area contributed by atoms with Crippen LogP contribution in [0.3, 0.4) is 0 Å². The zero-order valence-corrected chi connectivity index (χ0v) is 13.4. The number of rotatable bonds is 2. The van der Waals surface area contributed by atoms with Gasteiger partial charge in [-0.25, -0.2) is 9.97 Å². The Morgan fingerprint density at radius 1 is 1.55 bits per heavy atom. The third-order valence-corrected chi connectivity index (χ3v) is 4.56. The van der Waals surface area contributed by atoms with Gasteiger partial charge in [-0.2, -0.15) is 0 Å². The van der Waals surface area contributed by atoms with Crippen LogP contribution in [0.4, 0.5) is 5.82 Å². The van der Waals surface area contributed by atoms with Crippen LogP contribution in [-0.2, 0) is 4.74 Å². The van der Waals surface area contributed by atoms with Gasteiger partial charge in [-0.3, -0.25) is 0 Å². The Morgan fingerprint density at radius 2 is 2.27 bits per heavy atom. The fourth-order valence-electron chi connectivity index (χ4n) is 2.59. The number of ether oxygens (including phenoxy) is 1. The third kappa shape index (κ3) is 1.99. The van der Waals surface area contributed by atoms with E-state index in [0.29, 0.717) is 11.0 Å². The Kier molecular flexibility index (Phi) is 3.74. The summed E-state index contributed by atoms with van der Waals surface area (Å²) in [5.74, 6) is 2.45. The van der Waals surface area contributed by atoms with Crippen LogP contribution in [0.2, 0.25) is 0 Å². The maximum atomic E-state index is 10.6. The second kappa shape index (κ2) is 5.32.